The molecule has 0 bridgehead atoms. The van der Waals surface area contributed by atoms with Gasteiger partial charge in [-0.1, -0.05) is 58.3 Å². The van der Waals surface area contributed by atoms with Gasteiger partial charge in [0.1, 0.15) is 0 Å². The summed E-state index contributed by atoms with van der Waals surface area (Å²) in [5.41, 5.74) is -0.386. The third-order valence-corrected chi connectivity index (χ3v) is 3.82. The van der Waals surface area contributed by atoms with Crippen LogP contribution in [0.3, 0.4) is 0 Å². The molecular formula is C14H28O. The molecule has 0 spiro atoms. The highest BCUT2D eigenvalue weighted by atomic mass is 16.3. The first-order valence-corrected chi connectivity index (χ1v) is 6.82. The molecule has 1 nitrogen and oxygen atoms in total. The minimum absolute atomic E-state index is 0.386. The van der Waals surface area contributed by atoms with Gasteiger partial charge in [0.2, 0.25) is 0 Å². The van der Waals surface area contributed by atoms with Crippen molar-refractivity contribution >= 4 is 0 Å². The molecule has 1 heteroatoms. The van der Waals surface area contributed by atoms with E-state index in [1.807, 2.05) is 6.92 Å². The Labute approximate surface area is 95.3 Å². The fourth-order valence-corrected chi connectivity index (χ4v) is 2.62. The van der Waals surface area contributed by atoms with Gasteiger partial charge in [0.15, 0.2) is 0 Å². The molecule has 1 N–H and O–H groups in total. The number of hydrogen-bond donors (Lipinski definition) is 1. The maximum absolute atomic E-state index is 10.1. The molecule has 0 radical (unpaired) electrons. The Kier molecular flexibility index (Phi) is 5.66. The van der Waals surface area contributed by atoms with Gasteiger partial charge in [0, 0.05) is 0 Å². The lowest BCUT2D eigenvalue weighted by molar-refractivity contribution is 0.0359. The van der Waals surface area contributed by atoms with Crippen molar-refractivity contribution in [3.8, 4) is 0 Å². The van der Waals surface area contributed by atoms with Crippen molar-refractivity contribution in [3.63, 3.8) is 0 Å². The SMILES string of the molecule is CC1CCCCCCC(C)(O)CCCC1. The third-order valence-electron chi connectivity index (χ3n) is 3.82. The van der Waals surface area contributed by atoms with Crippen LogP contribution in [0.1, 0.15) is 78.1 Å². The number of hydrogen-bond acceptors (Lipinski definition) is 1. The summed E-state index contributed by atoms with van der Waals surface area (Å²) in [7, 11) is 0. The summed E-state index contributed by atoms with van der Waals surface area (Å²) >= 11 is 0. The van der Waals surface area contributed by atoms with E-state index in [2.05, 4.69) is 6.92 Å². The first kappa shape index (κ1) is 13.0. The van der Waals surface area contributed by atoms with E-state index in [1.54, 1.807) is 0 Å². The average Bonchev–Trinajstić information content (AvgIpc) is 2.16. The maximum atomic E-state index is 10.1. The van der Waals surface area contributed by atoms with Crippen LogP contribution in [0.5, 0.6) is 0 Å². The Morgan fingerprint density at radius 1 is 0.867 bits per heavy atom. The molecule has 1 fully saturated rings. The van der Waals surface area contributed by atoms with Crippen molar-refractivity contribution in [3.05, 3.63) is 0 Å². The van der Waals surface area contributed by atoms with Crippen molar-refractivity contribution in [2.24, 2.45) is 5.92 Å². The second kappa shape index (κ2) is 6.52. The van der Waals surface area contributed by atoms with Crippen LogP contribution in [0.2, 0.25) is 0 Å². The molecule has 0 aromatic rings. The van der Waals surface area contributed by atoms with E-state index in [0.717, 1.165) is 18.8 Å². The van der Waals surface area contributed by atoms with Crippen LogP contribution < -0.4 is 0 Å². The van der Waals surface area contributed by atoms with E-state index in [1.165, 1.54) is 51.4 Å². The van der Waals surface area contributed by atoms with E-state index in [4.69, 9.17) is 0 Å². The highest BCUT2D eigenvalue weighted by molar-refractivity contribution is 4.73. The monoisotopic (exact) mass is 212 g/mol. The summed E-state index contributed by atoms with van der Waals surface area (Å²) < 4.78 is 0. The Balaban J connectivity index is 2.31. The van der Waals surface area contributed by atoms with Gasteiger partial charge in [-0.05, 0) is 25.7 Å². The zero-order chi connectivity index (χ0) is 11.1. The second-order valence-electron chi connectivity index (χ2n) is 5.80. The lowest BCUT2D eigenvalue weighted by Gasteiger charge is -2.24. The van der Waals surface area contributed by atoms with Crippen LogP contribution in [0.25, 0.3) is 0 Å². The molecule has 15 heavy (non-hydrogen) atoms. The predicted molar refractivity (Wildman–Crippen MR) is 66.0 cm³/mol. The minimum Gasteiger partial charge on any atom is -0.390 e. The summed E-state index contributed by atoms with van der Waals surface area (Å²) in [6.07, 6.45) is 12.6. The Morgan fingerprint density at radius 3 is 2.00 bits per heavy atom. The van der Waals surface area contributed by atoms with Gasteiger partial charge in [-0.25, -0.2) is 0 Å². The zero-order valence-corrected chi connectivity index (χ0v) is 10.6. The van der Waals surface area contributed by atoms with Gasteiger partial charge in [0.05, 0.1) is 5.60 Å². The summed E-state index contributed by atoms with van der Waals surface area (Å²) in [4.78, 5) is 0. The summed E-state index contributed by atoms with van der Waals surface area (Å²) in [5.74, 6) is 0.898. The van der Waals surface area contributed by atoms with E-state index in [0.29, 0.717) is 0 Å². The molecule has 0 heterocycles. The quantitative estimate of drug-likeness (QED) is 0.635. The molecule has 1 aliphatic rings. The smallest absolute Gasteiger partial charge is 0.0619 e. The van der Waals surface area contributed by atoms with Gasteiger partial charge in [-0.3, -0.25) is 0 Å². The molecule has 0 aliphatic heterocycles. The molecule has 0 amide bonds. The van der Waals surface area contributed by atoms with Crippen LogP contribution in [0.15, 0.2) is 0 Å². The molecule has 1 rings (SSSR count). The lowest BCUT2D eigenvalue weighted by atomic mass is 9.88. The topological polar surface area (TPSA) is 20.2 Å². The van der Waals surface area contributed by atoms with E-state index in [-0.39, 0.29) is 5.60 Å². The van der Waals surface area contributed by atoms with E-state index < -0.39 is 0 Å². The van der Waals surface area contributed by atoms with Crippen molar-refractivity contribution in [2.45, 2.75) is 83.7 Å². The molecule has 2 unspecified atom stereocenters. The van der Waals surface area contributed by atoms with Crippen molar-refractivity contribution in [1.82, 2.24) is 0 Å². The third kappa shape index (κ3) is 6.19. The first-order valence-electron chi connectivity index (χ1n) is 6.82. The Hall–Kier alpha value is -0.0400. The van der Waals surface area contributed by atoms with Crippen LogP contribution in [0, 0.1) is 5.92 Å². The molecule has 1 aliphatic carbocycles. The summed E-state index contributed by atoms with van der Waals surface area (Å²) in [5, 5.41) is 10.1. The zero-order valence-electron chi connectivity index (χ0n) is 10.6. The van der Waals surface area contributed by atoms with Crippen molar-refractivity contribution in [1.29, 1.82) is 0 Å². The molecule has 0 aromatic carbocycles. The van der Waals surface area contributed by atoms with Gasteiger partial charge >= 0.3 is 0 Å². The Bertz CT molecular complexity index is 163. The highest BCUT2D eigenvalue weighted by Gasteiger charge is 2.19. The second-order valence-corrected chi connectivity index (χ2v) is 5.80. The number of aliphatic hydroxyl groups is 1. The summed E-state index contributed by atoms with van der Waals surface area (Å²) in [6.45, 7) is 4.39. The first-order chi connectivity index (χ1) is 7.10. The number of rotatable bonds is 0. The molecular weight excluding hydrogens is 184 g/mol. The minimum atomic E-state index is -0.386. The fraction of sp³-hybridized carbons (Fsp3) is 1.00. The van der Waals surface area contributed by atoms with Gasteiger partial charge < -0.3 is 5.11 Å². The van der Waals surface area contributed by atoms with Gasteiger partial charge in [-0.15, -0.1) is 0 Å². The lowest BCUT2D eigenvalue weighted by Crippen LogP contribution is -2.23. The van der Waals surface area contributed by atoms with Crippen LogP contribution in [0.4, 0.5) is 0 Å². The standard InChI is InChI=1S/C14H28O/c1-13-9-5-3-4-7-11-14(2,15)12-8-6-10-13/h13,15H,3-12H2,1-2H3. The van der Waals surface area contributed by atoms with Crippen LogP contribution in [-0.4, -0.2) is 10.7 Å². The molecule has 0 aromatic heterocycles. The van der Waals surface area contributed by atoms with E-state index in [9.17, 15) is 5.11 Å². The van der Waals surface area contributed by atoms with Crippen molar-refractivity contribution < 1.29 is 5.11 Å². The van der Waals surface area contributed by atoms with E-state index >= 15 is 0 Å². The molecule has 2 atom stereocenters. The maximum Gasteiger partial charge on any atom is 0.0619 e. The van der Waals surface area contributed by atoms with Gasteiger partial charge in [-0.2, -0.15) is 0 Å². The highest BCUT2D eigenvalue weighted by Crippen LogP contribution is 2.25. The van der Waals surface area contributed by atoms with Crippen molar-refractivity contribution in [2.75, 3.05) is 0 Å². The molecule has 0 saturated heterocycles. The summed E-state index contributed by atoms with van der Waals surface area (Å²) in [6, 6.07) is 0. The van der Waals surface area contributed by atoms with Crippen LogP contribution >= 0.6 is 0 Å². The van der Waals surface area contributed by atoms with Gasteiger partial charge in [0.25, 0.3) is 0 Å². The molecule has 1 saturated carbocycles. The largest absolute Gasteiger partial charge is 0.390 e. The molecule has 90 valence electrons. The normalized spacial score (nSPS) is 36.6. The Morgan fingerprint density at radius 2 is 1.33 bits per heavy atom. The average molecular weight is 212 g/mol. The fourth-order valence-electron chi connectivity index (χ4n) is 2.62. The predicted octanol–water partition coefficient (Wildman–Crippen LogP) is 4.29. The van der Waals surface area contributed by atoms with Crippen LogP contribution in [-0.2, 0) is 0 Å².